The fourth-order valence-electron chi connectivity index (χ4n) is 2.14. The Hall–Kier alpha value is -1.19. The second kappa shape index (κ2) is 3.65. The Morgan fingerprint density at radius 3 is 2.88 bits per heavy atom. The van der Waals surface area contributed by atoms with Gasteiger partial charge in [0, 0.05) is 28.8 Å². The lowest BCUT2D eigenvalue weighted by atomic mass is 9.95. The number of hydrogen-bond donors (Lipinski definition) is 1. The fraction of sp³-hybridized carbons (Fsp3) is 0.357. The van der Waals surface area contributed by atoms with Gasteiger partial charge in [0.15, 0.2) is 0 Å². The van der Waals surface area contributed by atoms with Crippen LogP contribution in [-0.4, -0.2) is 11.5 Å². The van der Waals surface area contributed by atoms with Crippen LogP contribution in [0.1, 0.15) is 29.3 Å². The highest BCUT2D eigenvalue weighted by molar-refractivity contribution is 7.12. The van der Waals surface area contributed by atoms with Crippen molar-refractivity contribution in [2.45, 2.75) is 25.7 Å². The van der Waals surface area contributed by atoms with Gasteiger partial charge in [-0.25, -0.2) is 4.98 Å². The van der Waals surface area contributed by atoms with Crippen molar-refractivity contribution in [2.24, 2.45) is 5.73 Å². The van der Waals surface area contributed by atoms with E-state index >= 15 is 0 Å². The van der Waals surface area contributed by atoms with E-state index in [0.29, 0.717) is 6.54 Å². The molecule has 0 amide bonds. The molecule has 0 aliphatic heterocycles. The molecule has 3 heteroatoms. The highest BCUT2D eigenvalue weighted by Crippen LogP contribution is 2.41. The molecule has 0 fully saturated rings. The van der Waals surface area contributed by atoms with Gasteiger partial charge in [-0.05, 0) is 5.56 Å². The van der Waals surface area contributed by atoms with E-state index in [4.69, 9.17) is 10.7 Å². The molecule has 17 heavy (non-hydrogen) atoms. The maximum absolute atomic E-state index is 5.82. The molecular formula is C14H16N2S. The van der Waals surface area contributed by atoms with Gasteiger partial charge in [0.2, 0.25) is 0 Å². The monoisotopic (exact) mass is 244 g/mol. The number of thiazole rings is 1. The Balaban J connectivity index is 2.10. The third-order valence-electron chi connectivity index (χ3n) is 3.41. The molecule has 0 atom stereocenters. The van der Waals surface area contributed by atoms with Crippen LogP contribution in [0.25, 0.3) is 11.3 Å². The Kier molecular flexibility index (Phi) is 2.35. The van der Waals surface area contributed by atoms with E-state index < -0.39 is 0 Å². The van der Waals surface area contributed by atoms with Crippen LogP contribution in [0.3, 0.4) is 0 Å². The zero-order valence-electron chi connectivity index (χ0n) is 10.2. The van der Waals surface area contributed by atoms with Crippen LogP contribution >= 0.6 is 11.3 Å². The lowest BCUT2D eigenvalue weighted by Gasteiger charge is -2.18. The standard InChI is InChI=1S/C14H16N2S/c1-14(2,8-15)13-16-12-10-6-4-3-5-9(10)7-11(12)17-13/h3-6H,7-8,15H2,1-2H3. The van der Waals surface area contributed by atoms with Gasteiger partial charge in [-0.1, -0.05) is 38.1 Å². The van der Waals surface area contributed by atoms with Crippen molar-refractivity contribution < 1.29 is 0 Å². The third-order valence-corrected chi connectivity index (χ3v) is 4.83. The van der Waals surface area contributed by atoms with Crippen LogP contribution in [0, 0.1) is 0 Å². The average Bonchev–Trinajstić information content (AvgIpc) is 2.86. The Morgan fingerprint density at radius 2 is 2.12 bits per heavy atom. The molecule has 0 spiro atoms. The summed E-state index contributed by atoms with van der Waals surface area (Å²) in [4.78, 5) is 6.20. The van der Waals surface area contributed by atoms with Crippen molar-refractivity contribution in [1.82, 2.24) is 4.98 Å². The van der Waals surface area contributed by atoms with Gasteiger partial charge in [0.1, 0.15) is 5.01 Å². The molecule has 2 nitrogen and oxygen atoms in total. The van der Waals surface area contributed by atoms with Crippen molar-refractivity contribution >= 4 is 11.3 Å². The lowest BCUT2D eigenvalue weighted by Crippen LogP contribution is -2.27. The summed E-state index contributed by atoms with van der Waals surface area (Å²) in [5.41, 5.74) is 9.70. The van der Waals surface area contributed by atoms with E-state index in [1.165, 1.54) is 26.7 Å². The summed E-state index contributed by atoms with van der Waals surface area (Å²) in [7, 11) is 0. The normalized spacial score (nSPS) is 13.6. The third kappa shape index (κ3) is 1.61. The molecule has 1 heterocycles. The maximum atomic E-state index is 5.82. The fourth-order valence-corrected chi connectivity index (χ4v) is 3.35. The number of rotatable bonds is 2. The first-order valence-electron chi connectivity index (χ1n) is 5.90. The Morgan fingerprint density at radius 1 is 1.35 bits per heavy atom. The maximum Gasteiger partial charge on any atom is 0.100 e. The van der Waals surface area contributed by atoms with Gasteiger partial charge < -0.3 is 5.73 Å². The number of aromatic nitrogens is 1. The largest absolute Gasteiger partial charge is 0.330 e. The molecule has 1 aromatic carbocycles. The molecule has 0 unspecified atom stereocenters. The molecule has 0 saturated carbocycles. The molecule has 1 aliphatic carbocycles. The number of fused-ring (bicyclic) bond motifs is 3. The first-order chi connectivity index (χ1) is 8.12. The predicted molar refractivity (Wildman–Crippen MR) is 72.4 cm³/mol. The molecule has 0 saturated heterocycles. The SMILES string of the molecule is CC(C)(CN)c1nc2c(s1)Cc1ccccc1-2. The number of benzene rings is 1. The van der Waals surface area contributed by atoms with E-state index in [1.807, 2.05) is 11.3 Å². The number of nitrogens with two attached hydrogens (primary N) is 1. The van der Waals surface area contributed by atoms with E-state index in [9.17, 15) is 0 Å². The van der Waals surface area contributed by atoms with Crippen LogP contribution in [-0.2, 0) is 11.8 Å². The van der Waals surface area contributed by atoms with Crippen molar-refractivity contribution in [2.75, 3.05) is 6.54 Å². The van der Waals surface area contributed by atoms with Gasteiger partial charge in [-0.3, -0.25) is 0 Å². The van der Waals surface area contributed by atoms with Crippen LogP contribution in [0.4, 0.5) is 0 Å². The molecule has 88 valence electrons. The smallest absolute Gasteiger partial charge is 0.100 e. The first-order valence-corrected chi connectivity index (χ1v) is 6.72. The van der Waals surface area contributed by atoms with Gasteiger partial charge in [0.05, 0.1) is 5.69 Å². The molecule has 0 radical (unpaired) electrons. The predicted octanol–water partition coefficient (Wildman–Crippen LogP) is 2.95. The van der Waals surface area contributed by atoms with Crippen molar-refractivity contribution in [3.8, 4) is 11.3 Å². The highest BCUT2D eigenvalue weighted by Gasteiger charge is 2.28. The zero-order valence-corrected chi connectivity index (χ0v) is 11.0. The van der Waals surface area contributed by atoms with Gasteiger partial charge in [0.25, 0.3) is 0 Å². The van der Waals surface area contributed by atoms with Crippen LogP contribution in [0.15, 0.2) is 24.3 Å². The summed E-state index contributed by atoms with van der Waals surface area (Å²) in [5.74, 6) is 0. The number of nitrogens with zero attached hydrogens (tertiary/aromatic N) is 1. The molecular weight excluding hydrogens is 228 g/mol. The molecule has 3 rings (SSSR count). The van der Waals surface area contributed by atoms with Crippen LogP contribution in [0.2, 0.25) is 0 Å². The highest BCUT2D eigenvalue weighted by atomic mass is 32.1. The lowest BCUT2D eigenvalue weighted by molar-refractivity contribution is 0.536. The van der Waals surface area contributed by atoms with Gasteiger partial charge in [-0.15, -0.1) is 11.3 Å². The summed E-state index contributed by atoms with van der Waals surface area (Å²) in [6.45, 7) is 4.96. The molecule has 2 N–H and O–H groups in total. The van der Waals surface area contributed by atoms with E-state index in [2.05, 4.69) is 38.1 Å². The minimum absolute atomic E-state index is 0.00997. The minimum atomic E-state index is -0.00997. The second-order valence-electron chi connectivity index (χ2n) is 5.21. The van der Waals surface area contributed by atoms with Crippen molar-refractivity contribution in [3.05, 3.63) is 39.7 Å². The van der Waals surface area contributed by atoms with E-state index in [-0.39, 0.29) is 5.41 Å². The molecule has 0 bridgehead atoms. The molecule has 1 aliphatic rings. The molecule has 2 aromatic rings. The van der Waals surface area contributed by atoms with Crippen molar-refractivity contribution in [1.29, 1.82) is 0 Å². The second-order valence-corrected chi connectivity index (χ2v) is 6.30. The van der Waals surface area contributed by atoms with Crippen molar-refractivity contribution in [3.63, 3.8) is 0 Å². The van der Waals surface area contributed by atoms with E-state index in [0.717, 1.165) is 6.42 Å². The van der Waals surface area contributed by atoms with E-state index in [1.54, 1.807) is 0 Å². The average molecular weight is 244 g/mol. The van der Waals surface area contributed by atoms with Gasteiger partial charge >= 0.3 is 0 Å². The first kappa shape index (κ1) is 10.9. The molecule has 1 aromatic heterocycles. The van der Waals surface area contributed by atoms with Crippen LogP contribution < -0.4 is 5.73 Å². The zero-order chi connectivity index (χ0) is 12.0. The summed E-state index contributed by atoms with van der Waals surface area (Å²) in [6, 6.07) is 8.54. The topological polar surface area (TPSA) is 38.9 Å². The summed E-state index contributed by atoms with van der Waals surface area (Å²) in [5, 5.41) is 1.17. The summed E-state index contributed by atoms with van der Waals surface area (Å²) >= 11 is 1.82. The summed E-state index contributed by atoms with van der Waals surface area (Å²) < 4.78 is 0. The van der Waals surface area contributed by atoms with Crippen LogP contribution in [0.5, 0.6) is 0 Å². The Bertz CT molecular complexity index is 569. The minimum Gasteiger partial charge on any atom is -0.330 e. The Labute approximate surface area is 106 Å². The number of hydrogen-bond acceptors (Lipinski definition) is 3. The quantitative estimate of drug-likeness (QED) is 0.752. The summed E-state index contributed by atoms with van der Waals surface area (Å²) in [6.07, 6.45) is 1.03. The van der Waals surface area contributed by atoms with Gasteiger partial charge in [-0.2, -0.15) is 0 Å².